The van der Waals surface area contributed by atoms with Crippen molar-refractivity contribution >= 4 is 11.2 Å². The minimum absolute atomic E-state index is 0.0422. The van der Waals surface area contributed by atoms with Gasteiger partial charge in [-0.1, -0.05) is 13.8 Å². The molecule has 2 N–H and O–H groups in total. The van der Waals surface area contributed by atoms with E-state index in [0.29, 0.717) is 30.7 Å². The lowest BCUT2D eigenvalue weighted by Gasteiger charge is -2.13. The average molecular weight is 293 g/mol. The van der Waals surface area contributed by atoms with E-state index in [-0.39, 0.29) is 17.3 Å². The molecule has 0 saturated carbocycles. The fraction of sp³-hybridized carbons (Fsp3) is 0.643. The molecule has 7 nitrogen and oxygen atoms in total. The summed E-state index contributed by atoms with van der Waals surface area (Å²) in [4.78, 5) is 29.2. The molecule has 1 atom stereocenters. The summed E-state index contributed by atoms with van der Waals surface area (Å²) in [6.07, 6.45) is 1.50. The molecule has 0 aromatic carbocycles. The second-order valence-electron chi connectivity index (χ2n) is 5.22. The van der Waals surface area contributed by atoms with Crippen molar-refractivity contribution in [2.45, 2.75) is 52.7 Å². The summed E-state index contributed by atoms with van der Waals surface area (Å²) in [5.74, 6) is 0.787. The van der Waals surface area contributed by atoms with E-state index in [4.69, 9.17) is 5.73 Å². The maximum atomic E-state index is 12.6. The van der Waals surface area contributed by atoms with Crippen LogP contribution < -0.4 is 17.0 Å². The third-order valence-electron chi connectivity index (χ3n) is 3.89. The highest BCUT2D eigenvalue weighted by atomic mass is 16.2. The van der Waals surface area contributed by atoms with Gasteiger partial charge in [0.15, 0.2) is 11.2 Å². The molecule has 7 heteroatoms. The zero-order valence-corrected chi connectivity index (χ0v) is 13.1. The Morgan fingerprint density at radius 3 is 2.38 bits per heavy atom. The standard InChI is InChI=1S/C14H23N5O2/c1-5-9(15)8-19-10(6-2)16-12-11(19)13(20)18(7-3)14(21)17(12)4/h9H,5-8,15H2,1-4H3. The highest BCUT2D eigenvalue weighted by Crippen LogP contribution is 2.13. The van der Waals surface area contributed by atoms with Gasteiger partial charge in [-0.3, -0.25) is 13.9 Å². The van der Waals surface area contributed by atoms with E-state index in [1.165, 1.54) is 9.13 Å². The van der Waals surface area contributed by atoms with Crippen LogP contribution in [0.15, 0.2) is 9.59 Å². The van der Waals surface area contributed by atoms with Crippen molar-refractivity contribution in [2.24, 2.45) is 12.8 Å². The first kappa shape index (κ1) is 15.5. The van der Waals surface area contributed by atoms with Gasteiger partial charge < -0.3 is 10.3 Å². The minimum Gasteiger partial charge on any atom is -0.326 e. The fourth-order valence-corrected chi connectivity index (χ4v) is 2.53. The van der Waals surface area contributed by atoms with Crippen molar-refractivity contribution in [3.05, 3.63) is 26.7 Å². The molecule has 0 aliphatic rings. The van der Waals surface area contributed by atoms with Crippen LogP contribution in [0, 0.1) is 0 Å². The van der Waals surface area contributed by atoms with E-state index in [2.05, 4.69) is 4.98 Å². The molecule has 2 rings (SSSR count). The number of aryl methyl sites for hydroxylation is 2. The Morgan fingerprint density at radius 2 is 1.86 bits per heavy atom. The summed E-state index contributed by atoms with van der Waals surface area (Å²) in [6, 6.07) is -0.0422. The van der Waals surface area contributed by atoms with Crippen molar-refractivity contribution in [3.8, 4) is 0 Å². The minimum atomic E-state index is -0.331. The fourth-order valence-electron chi connectivity index (χ4n) is 2.53. The lowest BCUT2D eigenvalue weighted by Crippen LogP contribution is -2.39. The Kier molecular flexibility index (Phi) is 4.32. The van der Waals surface area contributed by atoms with Gasteiger partial charge in [0, 0.05) is 32.6 Å². The van der Waals surface area contributed by atoms with Crippen LogP contribution in [0.2, 0.25) is 0 Å². The van der Waals surface area contributed by atoms with Gasteiger partial charge in [0.1, 0.15) is 5.82 Å². The SMILES string of the molecule is CCc1nc2c(c(=O)n(CC)c(=O)n2C)n1CC(N)CC. The van der Waals surface area contributed by atoms with Crippen LogP contribution in [0.3, 0.4) is 0 Å². The lowest BCUT2D eigenvalue weighted by molar-refractivity contribution is 0.531. The number of imidazole rings is 1. The molecular formula is C14H23N5O2. The molecule has 0 aliphatic carbocycles. The number of aromatic nitrogens is 4. The molecule has 2 aromatic rings. The number of hydrogen-bond donors (Lipinski definition) is 1. The topological polar surface area (TPSA) is 87.8 Å². The number of fused-ring (bicyclic) bond motifs is 1. The molecule has 2 aromatic heterocycles. The molecule has 0 radical (unpaired) electrons. The van der Waals surface area contributed by atoms with Gasteiger partial charge in [-0.15, -0.1) is 0 Å². The van der Waals surface area contributed by atoms with Crippen LogP contribution in [-0.4, -0.2) is 24.7 Å². The number of nitrogens with zero attached hydrogens (tertiary/aromatic N) is 4. The molecule has 0 amide bonds. The number of hydrogen-bond acceptors (Lipinski definition) is 4. The molecule has 2 heterocycles. The van der Waals surface area contributed by atoms with Crippen LogP contribution >= 0.6 is 0 Å². The van der Waals surface area contributed by atoms with Gasteiger partial charge in [-0.2, -0.15) is 0 Å². The quantitative estimate of drug-likeness (QED) is 0.854. The van der Waals surface area contributed by atoms with Gasteiger partial charge >= 0.3 is 5.69 Å². The van der Waals surface area contributed by atoms with Crippen LogP contribution in [0.25, 0.3) is 11.2 Å². The molecular weight excluding hydrogens is 270 g/mol. The Morgan fingerprint density at radius 1 is 1.19 bits per heavy atom. The first-order valence-electron chi connectivity index (χ1n) is 7.40. The van der Waals surface area contributed by atoms with Gasteiger partial charge in [-0.05, 0) is 13.3 Å². The average Bonchev–Trinajstić information content (AvgIpc) is 2.84. The van der Waals surface area contributed by atoms with Crippen molar-refractivity contribution in [2.75, 3.05) is 0 Å². The van der Waals surface area contributed by atoms with Crippen molar-refractivity contribution in [1.29, 1.82) is 0 Å². The maximum Gasteiger partial charge on any atom is 0.332 e. The van der Waals surface area contributed by atoms with Gasteiger partial charge in [0.2, 0.25) is 0 Å². The highest BCUT2D eigenvalue weighted by molar-refractivity contribution is 5.71. The predicted molar refractivity (Wildman–Crippen MR) is 82.6 cm³/mol. The monoisotopic (exact) mass is 293 g/mol. The summed E-state index contributed by atoms with van der Waals surface area (Å²) < 4.78 is 4.54. The third-order valence-corrected chi connectivity index (χ3v) is 3.89. The Labute approximate surface area is 123 Å². The molecule has 0 bridgehead atoms. The largest absolute Gasteiger partial charge is 0.332 e. The second-order valence-corrected chi connectivity index (χ2v) is 5.22. The molecule has 0 spiro atoms. The summed E-state index contributed by atoms with van der Waals surface area (Å²) >= 11 is 0. The number of nitrogens with two attached hydrogens (primary N) is 1. The molecule has 0 fully saturated rings. The van der Waals surface area contributed by atoms with Crippen LogP contribution in [-0.2, 0) is 26.6 Å². The van der Waals surface area contributed by atoms with Crippen molar-refractivity contribution < 1.29 is 0 Å². The van der Waals surface area contributed by atoms with E-state index in [0.717, 1.165) is 12.2 Å². The van der Waals surface area contributed by atoms with E-state index >= 15 is 0 Å². The summed E-state index contributed by atoms with van der Waals surface area (Å²) in [7, 11) is 1.65. The Bertz CT molecular complexity index is 768. The molecule has 0 saturated heterocycles. The first-order valence-corrected chi connectivity index (χ1v) is 7.40. The molecule has 21 heavy (non-hydrogen) atoms. The van der Waals surface area contributed by atoms with Crippen LogP contribution in [0.5, 0.6) is 0 Å². The van der Waals surface area contributed by atoms with E-state index in [9.17, 15) is 9.59 Å². The molecule has 116 valence electrons. The highest BCUT2D eigenvalue weighted by Gasteiger charge is 2.19. The van der Waals surface area contributed by atoms with Crippen molar-refractivity contribution in [1.82, 2.24) is 18.7 Å². The van der Waals surface area contributed by atoms with E-state index < -0.39 is 0 Å². The summed E-state index contributed by atoms with van der Waals surface area (Å²) in [6.45, 7) is 6.65. The summed E-state index contributed by atoms with van der Waals surface area (Å²) in [5.41, 5.74) is 6.34. The molecule has 0 aliphatic heterocycles. The van der Waals surface area contributed by atoms with Crippen LogP contribution in [0.4, 0.5) is 0 Å². The van der Waals surface area contributed by atoms with Crippen LogP contribution in [0.1, 0.15) is 33.0 Å². The summed E-state index contributed by atoms with van der Waals surface area (Å²) in [5, 5.41) is 0. The van der Waals surface area contributed by atoms with E-state index in [1.807, 2.05) is 18.4 Å². The van der Waals surface area contributed by atoms with Gasteiger partial charge in [0.05, 0.1) is 0 Å². The normalized spacial score (nSPS) is 13.0. The lowest BCUT2D eigenvalue weighted by atomic mass is 10.2. The first-order chi connectivity index (χ1) is 9.96. The zero-order valence-electron chi connectivity index (χ0n) is 13.1. The van der Waals surface area contributed by atoms with Gasteiger partial charge in [-0.25, -0.2) is 9.78 Å². The Hall–Kier alpha value is -1.89. The Balaban J connectivity index is 2.87. The molecule has 1 unspecified atom stereocenters. The zero-order chi connectivity index (χ0) is 15.7. The van der Waals surface area contributed by atoms with E-state index in [1.54, 1.807) is 14.0 Å². The van der Waals surface area contributed by atoms with Gasteiger partial charge in [0.25, 0.3) is 5.56 Å². The predicted octanol–water partition coefficient (Wildman–Crippen LogP) is 0.216. The smallest absolute Gasteiger partial charge is 0.326 e. The van der Waals surface area contributed by atoms with Crippen molar-refractivity contribution in [3.63, 3.8) is 0 Å². The third kappa shape index (κ3) is 2.42. The maximum absolute atomic E-state index is 12.6. The number of rotatable bonds is 5. The second kappa shape index (κ2) is 5.85.